The number of nitrogens with one attached hydrogen (secondary N) is 2. The van der Waals surface area contributed by atoms with Crippen molar-refractivity contribution in [2.45, 2.75) is 6.92 Å². The number of hydrogen-bond donors (Lipinski definition) is 2. The normalized spacial score (nSPS) is 30.7. The highest BCUT2D eigenvalue weighted by Crippen LogP contribution is 2.34. The first-order chi connectivity index (χ1) is 6.29. The van der Waals surface area contributed by atoms with E-state index in [0.29, 0.717) is 19.7 Å². The molecule has 1 atom stereocenters. The summed E-state index contributed by atoms with van der Waals surface area (Å²) < 4.78 is 5.07. The zero-order valence-corrected chi connectivity index (χ0v) is 7.72. The fraction of sp³-hybridized carbons (Fsp3) is 0.667. The van der Waals surface area contributed by atoms with E-state index in [4.69, 9.17) is 4.74 Å². The van der Waals surface area contributed by atoms with E-state index in [2.05, 4.69) is 10.6 Å². The van der Waals surface area contributed by atoms with Crippen LogP contribution in [0.2, 0.25) is 0 Å². The van der Waals surface area contributed by atoms with Crippen molar-refractivity contribution in [1.29, 1.82) is 0 Å². The van der Waals surface area contributed by atoms with Crippen LogP contribution in [-0.4, -0.2) is 32.2 Å². The van der Waals surface area contributed by atoms with Gasteiger partial charge in [0, 0.05) is 19.6 Å². The van der Waals surface area contributed by atoms with Gasteiger partial charge in [0.1, 0.15) is 5.41 Å². The lowest BCUT2D eigenvalue weighted by molar-refractivity contribution is -0.151. The van der Waals surface area contributed by atoms with Crippen LogP contribution in [0.1, 0.15) is 6.92 Å². The van der Waals surface area contributed by atoms with Crippen LogP contribution >= 0.6 is 0 Å². The van der Waals surface area contributed by atoms with Crippen LogP contribution < -0.4 is 10.6 Å². The van der Waals surface area contributed by atoms with E-state index in [0.717, 1.165) is 12.1 Å². The number of carbonyl (C=O) groups excluding carboxylic acids is 1. The summed E-state index contributed by atoms with van der Waals surface area (Å²) in [5, 5.41) is 6.30. The first kappa shape index (κ1) is 8.56. The molecule has 4 nitrogen and oxygen atoms in total. The highest BCUT2D eigenvalue weighted by molar-refractivity contribution is 5.83. The first-order valence-corrected chi connectivity index (χ1v) is 4.60. The van der Waals surface area contributed by atoms with E-state index in [1.54, 1.807) is 0 Å². The topological polar surface area (TPSA) is 50.4 Å². The molecule has 0 aromatic heterocycles. The minimum Gasteiger partial charge on any atom is -0.465 e. The summed E-state index contributed by atoms with van der Waals surface area (Å²) in [5.41, 5.74) is 0.724. The van der Waals surface area contributed by atoms with Gasteiger partial charge in [-0.25, -0.2) is 0 Å². The van der Waals surface area contributed by atoms with Crippen molar-refractivity contribution in [2.24, 2.45) is 5.41 Å². The molecule has 4 heteroatoms. The van der Waals surface area contributed by atoms with Crippen molar-refractivity contribution in [3.05, 3.63) is 11.8 Å². The molecule has 1 unspecified atom stereocenters. The second kappa shape index (κ2) is 3.03. The molecule has 0 aliphatic carbocycles. The highest BCUT2D eigenvalue weighted by atomic mass is 16.5. The Hall–Kier alpha value is -1.03. The van der Waals surface area contributed by atoms with E-state index in [-0.39, 0.29) is 5.97 Å². The van der Waals surface area contributed by atoms with Crippen LogP contribution in [0.3, 0.4) is 0 Å². The Balaban J connectivity index is 2.19. The van der Waals surface area contributed by atoms with Crippen LogP contribution in [-0.2, 0) is 9.53 Å². The molecular weight excluding hydrogens is 168 g/mol. The number of fused-ring (bicyclic) bond motifs is 1. The number of esters is 1. The third-order valence-corrected chi connectivity index (χ3v) is 2.70. The molecule has 0 aromatic carbocycles. The first-order valence-electron chi connectivity index (χ1n) is 4.60. The smallest absolute Gasteiger partial charge is 0.319 e. The Labute approximate surface area is 77.3 Å². The van der Waals surface area contributed by atoms with E-state index < -0.39 is 5.41 Å². The van der Waals surface area contributed by atoms with Crippen LogP contribution in [0.4, 0.5) is 0 Å². The molecule has 2 aliphatic rings. The van der Waals surface area contributed by atoms with Crippen molar-refractivity contribution >= 4 is 5.97 Å². The predicted octanol–water partition coefficient (Wildman–Crippen LogP) is -0.374. The quantitative estimate of drug-likeness (QED) is 0.572. The molecule has 1 saturated heterocycles. The van der Waals surface area contributed by atoms with Gasteiger partial charge in [0.25, 0.3) is 0 Å². The third-order valence-electron chi connectivity index (χ3n) is 2.70. The maximum Gasteiger partial charge on any atom is 0.319 e. The van der Waals surface area contributed by atoms with Gasteiger partial charge in [-0.05, 0) is 18.7 Å². The van der Waals surface area contributed by atoms with Gasteiger partial charge in [-0.15, -0.1) is 0 Å². The zero-order valence-electron chi connectivity index (χ0n) is 7.72. The van der Waals surface area contributed by atoms with Gasteiger partial charge >= 0.3 is 5.97 Å². The van der Waals surface area contributed by atoms with Crippen molar-refractivity contribution in [3.63, 3.8) is 0 Å². The van der Waals surface area contributed by atoms with Crippen LogP contribution in [0.5, 0.6) is 0 Å². The van der Waals surface area contributed by atoms with Crippen LogP contribution in [0.25, 0.3) is 0 Å². The molecule has 1 fully saturated rings. The standard InChI is InChI=1S/C9H14N2O2/c1-2-13-8(12)9-5-10-3-7(9)4-11-6-9/h3,10-11H,2,4-6H2,1H3. The van der Waals surface area contributed by atoms with Gasteiger partial charge in [0.15, 0.2) is 0 Å². The lowest BCUT2D eigenvalue weighted by Crippen LogP contribution is -2.40. The Kier molecular flexibility index (Phi) is 2.00. The second-order valence-corrected chi connectivity index (χ2v) is 3.46. The van der Waals surface area contributed by atoms with E-state index in [1.165, 1.54) is 0 Å². The monoisotopic (exact) mass is 182 g/mol. The SMILES string of the molecule is CCOC(=O)C12CNC=C1CNC2. The van der Waals surface area contributed by atoms with E-state index >= 15 is 0 Å². The minimum atomic E-state index is -0.407. The van der Waals surface area contributed by atoms with Crippen molar-refractivity contribution in [3.8, 4) is 0 Å². The number of rotatable bonds is 2. The maximum absolute atomic E-state index is 11.7. The molecule has 13 heavy (non-hydrogen) atoms. The fourth-order valence-electron chi connectivity index (χ4n) is 1.95. The molecule has 0 radical (unpaired) electrons. The average Bonchev–Trinajstić information content (AvgIpc) is 2.61. The van der Waals surface area contributed by atoms with Gasteiger partial charge in [0.05, 0.1) is 6.61 Å². The summed E-state index contributed by atoms with van der Waals surface area (Å²) >= 11 is 0. The molecule has 0 aromatic rings. The van der Waals surface area contributed by atoms with E-state index in [9.17, 15) is 4.79 Å². The highest BCUT2D eigenvalue weighted by Gasteiger charge is 2.48. The average molecular weight is 182 g/mol. The number of hydrogen-bond acceptors (Lipinski definition) is 4. The molecular formula is C9H14N2O2. The lowest BCUT2D eigenvalue weighted by Gasteiger charge is -2.21. The van der Waals surface area contributed by atoms with Crippen molar-refractivity contribution < 1.29 is 9.53 Å². The number of ether oxygens (including phenoxy) is 1. The van der Waals surface area contributed by atoms with E-state index in [1.807, 2.05) is 13.1 Å². The number of carbonyl (C=O) groups is 1. The maximum atomic E-state index is 11.7. The lowest BCUT2D eigenvalue weighted by atomic mass is 9.85. The molecule has 2 heterocycles. The molecule has 0 spiro atoms. The molecule has 2 N–H and O–H groups in total. The summed E-state index contributed by atoms with van der Waals surface area (Å²) in [4.78, 5) is 11.7. The molecule has 0 saturated carbocycles. The molecule has 0 bridgehead atoms. The zero-order chi connectivity index (χ0) is 9.31. The van der Waals surface area contributed by atoms with Gasteiger partial charge in [0.2, 0.25) is 0 Å². The molecule has 2 rings (SSSR count). The van der Waals surface area contributed by atoms with Crippen LogP contribution in [0, 0.1) is 5.41 Å². The van der Waals surface area contributed by atoms with Crippen molar-refractivity contribution in [1.82, 2.24) is 10.6 Å². The summed E-state index contributed by atoms with van der Waals surface area (Å²) in [5.74, 6) is -0.101. The minimum absolute atomic E-state index is 0.101. The van der Waals surface area contributed by atoms with Gasteiger partial charge < -0.3 is 15.4 Å². The summed E-state index contributed by atoms with van der Waals surface area (Å²) in [6.07, 6.45) is 1.93. The van der Waals surface area contributed by atoms with Gasteiger partial charge in [-0.3, -0.25) is 4.79 Å². The predicted molar refractivity (Wildman–Crippen MR) is 48.0 cm³/mol. The molecule has 72 valence electrons. The van der Waals surface area contributed by atoms with Gasteiger partial charge in [-0.2, -0.15) is 0 Å². The second-order valence-electron chi connectivity index (χ2n) is 3.46. The largest absolute Gasteiger partial charge is 0.465 e. The van der Waals surface area contributed by atoms with Crippen molar-refractivity contribution in [2.75, 3.05) is 26.2 Å². The summed E-state index contributed by atoms with van der Waals surface area (Å²) in [6, 6.07) is 0. The third kappa shape index (κ3) is 1.13. The Morgan fingerprint density at radius 1 is 1.69 bits per heavy atom. The molecule has 0 amide bonds. The van der Waals surface area contributed by atoms with Gasteiger partial charge in [-0.1, -0.05) is 0 Å². The Bertz CT molecular complexity index is 262. The molecule has 2 aliphatic heterocycles. The van der Waals surface area contributed by atoms with Crippen LogP contribution in [0.15, 0.2) is 11.8 Å². The fourth-order valence-corrected chi connectivity index (χ4v) is 1.95. The summed E-state index contributed by atoms with van der Waals surface area (Å²) in [6.45, 7) is 4.46. The Morgan fingerprint density at radius 2 is 2.54 bits per heavy atom. The summed E-state index contributed by atoms with van der Waals surface area (Å²) in [7, 11) is 0. The Morgan fingerprint density at radius 3 is 3.31 bits per heavy atom.